The topological polar surface area (TPSA) is 85.1 Å². The van der Waals surface area contributed by atoms with Gasteiger partial charge >= 0.3 is 0 Å². The van der Waals surface area contributed by atoms with Crippen LogP contribution in [0.15, 0.2) is 18.7 Å². The Balaban J connectivity index is 1.35. The predicted octanol–water partition coefficient (Wildman–Crippen LogP) is 5.56. The van der Waals surface area contributed by atoms with Crippen LogP contribution in [-0.4, -0.2) is 67.9 Å². The minimum Gasteiger partial charge on any atom is -0.371 e. The zero-order chi connectivity index (χ0) is 25.9. The van der Waals surface area contributed by atoms with E-state index in [1.807, 2.05) is 18.7 Å². The van der Waals surface area contributed by atoms with E-state index in [2.05, 4.69) is 28.2 Å². The average Bonchev–Trinajstić information content (AvgIpc) is 3.54. The van der Waals surface area contributed by atoms with Crippen LogP contribution in [0.1, 0.15) is 90.5 Å². The van der Waals surface area contributed by atoms with Crippen molar-refractivity contribution >= 4 is 22.9 Å². The van der Waals surface area contributed by atoms with Crippen LogP contribution in [0, 0.1) is 0 Å². The molecule has 0 radical (unpaired) electrons. The van der Waals surface area contributed by atoms with Crippen molar-refractivity contribution in [3.63, 3.8) is 0 Å². The van der Waals surface area contributed by atoms with Crippen molar-refractivity contribution in [1.82, 2.24) is 29.5 Å². The molecule has 204 valence electrons. The summed E-state index contributed by atoms with van der Waals surface area (Å²) < 4.78 is 8.32. The van der Waals surface area contributed by atoms with E-state index in [0.717, 1.165) is 86.2 Å². The lowest BCUT2D eigenvalue weighted by Gasteiger charge is -2.32. The first-order valence-corrected chi connectivity index (χ1v) is 15.0. The van der Waals surface area contributed by atoms with Gasteiger partial charge in [0.05, 0.1) is 30.9 Å². The number of nitrogens with zero attached hydrogens (tertiary/aromatic N) is 8. The SMILES string of the molecule is CCC(CC)n1cnc2c(-c3cnc(N4CCCCCCCCC4)cn3)nc(N3CC4CCC(C3)O4)nc21. The van der Waals surface area contributed by atoms with E-state index in [4.69, 9.17) is 29.7 Å². The monoisotopic (exact) mass is 518 g/mol. The van der Waals surface area contributed by atoms with Gasteiger partial charge in [-0.05, 0) is 38.5 Å². The van der Waals surface area contributed by atoms with E-state index in [-0.39, 0.29) is 12.2 Å². The maximum Gasteiger partial charge on any atom is 0.228 e. The first kappa shape index (κ1) is 25.5. The van der Waals surface area contributed by atoms with Crippen LogP contribution in [0.2, 0.25) is 0 Å². The van der Waals surface area contributed by atoms with Crippen LogP contribution in [-0.2, 0) is 4.74 Å². The van der Waals surface area contributed by atoms with Gasteiger partial charge in [0.1, 0.15) is 22.7 Å². The standard InChI is InChI=1S/C29H42N8O/c1-3-21(4-2)37-20-32-27-26(33-29(34-28(27)37)36-18-22-12-13-23(19-36)38-22)24-16-31-25(17-30-24)35-14-10-8-6-5-7-9-11-15-35/h16-17,20-23H,3-15,18-19H2,1-2H3. The lowest BCUT2D eigenvalue weighted by Crippen LogP contribution is -2.43. The summed E-state index contributed by atoms with van der Waals surface area (Å²) in [7, 11) is 0. The second-order valence-electron chi connectivity index (χ2n) is 11.3. The summed E-state index contributed by atoms with van der Waals surface area (Å²) in [4.78, 5) is 29.5. The van der Waals surface area contributed by atoms with E-state index in [1.165, 1.54) is 44.9 Å². The Morgan fingerprint density at radius 1 is 0.816 bits per heavy atom. The summed E-state index contributed by atoms with van der Waals surface area (Å²) in [5.41, 5.74) is 3.22. The van der Waals surface area contributed by atoms with Crippen molar-refractivity contribution in [2.45, 2.75) is 103 Å². The Labute approximate surface area is 226 Å². The summed E-state index contributed by atoms with van der Waals surface area (Å²) in [6.45, 7) is 8.22. The third-order valence-corrected chi connectivity index (χ3v) is 8.63. The molecule has 3 aliphatic heterocycles. The molecule has 0 spiro atoms. The highest BCUT2D eigenvalue weighted by molar-refractivity contribution is 5.87. The van der Waals surface area contributed by atoms with E-state index >= 15 is 0 Å². The lowest BCUT2D eigenvalue weighted by atomic mass is 10.1. The molecule has 0 amide bonds. The number of fused-ring (bicyclic) bond motifs is 3. The Bertz CT molecular complexity index is 1190. The number of ether oxygens (including phenoxy) is 1. The predicted molar refractivity (Wildman–Crippen MR) is 151 cm³/mol. The molecule has 0 N–H and O–H groups in total. The Hall–Kier alpha value is -2.81. The average molecular weight is 519 g/mol. The molecule has 9 nitrogen and oxygen atoms in total. The maximum atomic E-state index is 6.09. The molecule has 3 saturated heterocycles. The number of hydrogen-bond acceptors (Lipinski definition) is 8. The lowest BCUT2D eigenvalue weighted by molar-refractivity contribution is 0.0299. The fourth-order valence-electron chi connectivity index (χ4n) is 6.39. The minimum absolute atomic E-state index is 0.269. The molecule has 6 rings (SSSR count). The molecular formula is C29H42N8O. The van der Waals surface area contributed by atoms with Crippen LogP contribution in [0.3, 0.4) is 0 Å². The van der Waals surface area contributed by atoms with Gasteiger partial charge in [0.2, 0.25) is 5.95 Å². The Morgan fingerprint density at radius 3 is 2.13 bits per heavy atom. The largest absolute Gasteiger partial charge is 0.371 e. The molecule has 3 aromatic heterocycles. The first-order chi connectivity index (χ1) is 18.7. The first-order valence-electron chi connectivity index (χ1n) is 15.0. The van der Waals surface area contributed by atoms with E-state index < -0.39 is 0 Å². The Kier molecular flexibility index (Phi) is 7.72. The summed E-state index contributed by atoms with van der Waals surface area (Å²) in [6, 6.07) is 0.352. The molecular weight excluding hydrogens is 476 g/mol. The normalized spacial score (nSPS) is 22.9. The maximum absolute atomic E-state index is 6.09. The molecule has 3 fully saturated rings. The minimum atomic E-state index is 0.269. The number of rotatable bonds is 6. The number of imidazole rings is 1. The van der Waals surface area contributed by atoms with Gasteiger partial charge < -0.3 is 19.1 Å². The van der Waals surface area contributed by atoms with Crippen LogP contribution in [0.25, 0.3) is 22.6 Å². The number of aromatic nitrogens is 6. The zero-order valence-corrected chi connectivity index (χ0v) is 23.1. The third-order valence-electron chi connectivity index (χ3n) is 8.63. The van der Waals surface area contributed by atoms with Crippen molar-refractivity contribution in [1.29, 1.82) is 0 Å². The number of anilines is 2. The highest BCUT2D eigenvalue weighted by Crippen LogP contribution is 2.33. The second kappa shape index (κ2) is 11.5. The van der Waals surface area contributed by atoms with Crippen molar-refractivity contribution in [3.05, 3.63) is 18.7 Å². The highest BCUT2D eigenvalue weighted by atomic mass is 16.5. The van der Waals surface area contributed by atoms with Crippen LogP contribution in [0.4, 0.5) is 11.8 Å². The second-order valence-corrected chi connectivity index (χ2v) is 11.3. The molecule has 38 heavy (non-hydrogen) atoms. The van der Waals surface area contributed by atoms with Gasteiger partial charge in [0, 0.05) is 32.2 Å². The third kappa shape index (κ3) is 5.22. The molecule has 2 atom stereocenters. The van der Waals surface area contributed by atoms with Crippen molar-refractivity contribution in [3.8, 4) is 11.4 Å². The van der Waals surface area contributed by atoms with E-state index in [9.17, 15) is 0 Å². The van der Waals surface area contributed by atoms with Gasteiger partial charge in [0.25, 0.3) is 0 Å². The van der Waals surface area contributed by atoms with Gasteiger partial charge in [-0.3, -0.25) is 0 Å². The smallest absolute Gasteiger partial charge is 0.228 e. The molecule has 0 saturated carbocycles. The number of hydrogen-bond donors (Lipinski definition) is 0. The van der Waals surface area contributed by atoms with Gasteiger partial charge in [-0.1, -0.05) is 46.0 Å². The molecule has 2 unspecified atom stereocenters. The van der Waals surface area contributed by atoms with Crippen molar-refractivity contribution in [2.75, 3.05) is 36.0 Å². The molecule has 3 aromatic rings. The number of morpholine rings is 1. The van der Waals surface area contributed by atoms with Gasteiger partial charge in [-0.25, -0.2) is 19.9 Å². The summed E-state index contributed by atoms with van der Waals surface area (Å²) >= 11 is 0. The van der Waals surface area contributed by atoms with Crippen molar-refractivity contribution < 1.29 is 4.74 Å². The zero-order valence-electron chi connectivity index (χ0n) is 23.1. The fraction of sp³-hybridized carbons (Fsp3) is 0.690. The quantitative estimate of drug-likeness (QED) is 0.419. The molecule has 0 aliphatic carbocycles. The molecule has 6 heterocycles. The van der Waals surface area contributed by atoms with E-state index in [0.29, 0.717) is 6.04 Å². The molecule has 2 bridgehead atoms. The van der Waals surface area contributed by atoms with Crippen molar-refractivity contribution in [2.24, 2.45) is 0 Å². The van der Waals surface area contributed by atoms with Crippen LogP contribution in [0.5, 0.6) is 0 Å². The van der Waals surface area contributed by atoms with Crippen LogP contribution >= 0.6 is 0 Å². The summed E-state index contributed by atoms with van der Waals surface area (Å²) in [6.07, 6.45) is 19.7. The molecule has 9 heteroatoms. The van der Waals surface area contributed by atoms with Crippen LogP contribution < -0.4 is 9.80 Å². The molecule has 3 aliphatic rings. The molecule has 0 aromatic carbocycles. The summed E-state index contributed by atoms with van der Waals surface area (Å²) in [5, 5.41) is 0. The fourth-order valence-corrected chi connectivity index (χ4v) is 6.39. The highest BCUT2D eigenvalue weighted by Gasteiger charge is 2.35. The van der Waals surface area contributed by atoms with E-state index in [1.54, 1.807) is 0 Å². The summed E-state index contributed by atoms with van der Waals surface area (Å²) in [5.74, 6) is 1.72. The van der Waals surface area contributed by atoms with Gasteiger partial charge in [0.15, 0.2) is 5.65 Å². The van der Waals surface area contributed by atoms with Gasteiger partial charge in [-0.15, -0.1) is 0 Å². The Morgan fingerprint density at radius 2 is 1.50 bits per heavy atom. The van der Waals surface area contributed by atoms with Gasteiger partial charge in [-0.2, -0.15) is 4.98 Å².